The molecular formula is C20H19ClN2OS. The molecule has 0 atom stereocenters. The second-order valence-electron chi connectivity index (χ2n) is 6.60. The van der Waals surface area contributed by atoms with Crippen molar-refractivity contribution in [2.24, 2.45) is 5.92 Å². The lowest BCUT2D eigenvalue weighted by molar-refractivity contribution is -0.124. The zero-order chi connectivity index (χ0) is 17.4. The number of amides is 1. The Balaban J connectivity index is 1.74. The van der Waals surface area contributed by atoms with Crippen LogP contribution in [-0.4, -0.2) is 10.9 Å². The topological polar surface area (TPSA) is 33.2 Å². The van der Waals surface area contributed by atoms with E-state index in [-0.39, 0.29) is 11.8 Å². The number of aromatic nitrogens is 1. The van der Waals surface area contributed by atoms with Crippen molar-refractivity contribution in [3.8, 4) is 0 Å². The van der Waals surface area contributed by atoms with Gasteiger partial charge in [0.25, 0.3) is 0 Å². The van der Waals surface area contributed by atoms with Crippen LogP contribution in [0, 0.1) is 12.8 Å². The maximum atomic E-state index is 13.0. The van der Waals surface area contributed by atoms with Crippen LogP contribution in [0.15, 0.2) is 42.5 Å². The van der Waals surface area contributed by atoms with Crippen molar-refractivity contribution in [1.29, 1.82) is 0 Å². The van der Waals surface area contributed by atoms with Gasteiger partial charge in [-0.05, 0) is 43.0 Å². The van der Waals surface area contributed by atoms with Crippen LogP contribution in [0.2, 0.25) is 5.02 Å². The Morgan fingerprint density at radius 1 is 1.28 bits per heavy atom. The van der Waals surface area contributed by atoms with Crippen LogP contribution in [0.4, 0.5) is 5.13 Å². The van der Waals surface area contributed by atoms with Crippen LogP contribution in [0.3, 0.4) is 0 Å². The zero-order valence-electron chi connectivity index (χ0n) is 14.0. The number of halogens is 1. The Morgan fingerprint density at radius 2 is 2.04 bits per heavy atom. The summed E-state index contributed by atoms with van der Waals surface area (Å²) in [7, 11) is 0. The number of fused-ring (bicyclic) bond motifs is 1. The zero-order valence-corrected chi connectivity index (χ0v) is 15.6. The molecule has 1 amide bonds. The van der Waals surface area contributed by atoms with Gasteiger partial charge in [0, 0.05) is 10.9 Å². The number of nitrogens with zero attached hydrogens (tertiary/aromatic N) is 2. The lowest BCUT2D eigenvalue weighted by Gasteiger charge is -2.30. The minimum Gasteiger partial charge on any atom is -0.283 e. The van der Waals surface area contributed by atoms with Gasteiger partial charge in [0.1, 0.15) is 0 Å². The van der Waals surface area contributed by atoms with E-state index in [1.54, 1.807) is 11.3 Å². The highest BCUT2D eigenvalue weighted by Gasteiger charge is 2.31. The number of benzene rings is 2. The number of hydrogen-bond acceptors (Lipinski definition) is 3. The van der Waals surface area contributed by atoms with Gasteiger partial charge in [-0.15, -0.1) is 0 Å². The van der Waals surface area contributed by atoms with E-state index in [1.807, 2.05) is 42.2 Å². The molecular weight excluding hydrogens is 352 g/mol. The first-order valence-electron chi connectivity index (χ1n) is 8.54. The van der Waals surface area contributed by atoms with Gasteiger partial charge in [-0.2, -0.15) is 0 Å². The van der Waals surface area contributed by atoms with Crippen molar-refractivity contribution >= 4 is 44.2 Å². The molecule has 0 N–H and O–H groups in total. The molecule has 1 aromatic heterocycles. The quantitative estimate of drug-likeness (QED) is 0.599. The van der Waals surface area contributed by atoms with Gasteiger partial charge in [0.05, 0.1) is 16.8 Å². The predicted octanol–water partition coefficient (Wildman–Crippen LogP) is 5.59. The molecule has 1 aliphatic carbocycles. The number of hydrogen-bond donors (Lipinski definition) is 0. The first-order valence-corrected chi connectivity index (χ1v) is 9.73. The normalized spacial score (nSPS) is 14.5. The van der Waals surface area contributed by atoms with Gasteiger partial charge < -0.3 is 0 Å². The molecule has 0 saturated heterocycles. The van der Waals surface area contributed by atoms with E-state index in [4.69, 9.17) is 16.6 Å². The molecule has 1 heterocycles. The first-order chi connectivity index (χ1) is 12.1. The molecule has 3 aromatic rings. The van der Waals surface area contributed by atoms with Crippen LogP contribution in [0.5, 0.6) is 0 Å². The summed E-state index contributed by atoms with van der Waals surface area (Å²) in [5.74, 6) is 0.332. The second kappa shape index (κ2) is 6.77. The molecule has 1 aliphatic rings. The number of aryl methyl sites for hydroxylation is 1. The van der Waals surface area contributed by atoms with E-state index in [0.717, 1.165) is 45.7 Å². The number of anilines is 1. The highest BCUT2D eigenvalue weighted by Crippen LogP contribution is 2.36. The minimum atomic E-state index is 0.139. The SMILES string of the molecule is Cc1cc(Cl)cc2sc(N(Cc3ccccc3)C(=O)C3CCC3)nc12. The summed E-state index contributed by atoms with van der Waals surface area (Å²) in [5, 5.41) is 1.47. The van der Waals surface area contributed by atoms with Gasteiger partial charge in [-0.3, -0.25) is 9.69 Å². The number of carbonyl (C=O) groups excluding carboxylic acids is 1. The van der Waals surface area contributed by atoms with Gasteiger partial charge >= 0.3 is 0 Å². The van der Waals surface area contributed by atoms with Crippen molar-refractivity contribution in [3.63, 3.8) is 0 Å². The van der Waals surface area contributed by atoms with E-state index in [1.165, 1.54) is 0 Å². The summed E-state index contributed by atoms with van der Waals surface area (Å²) in [5.41, 5.74) is 3.09. The summed E-state index contributed by atoms with van der Waals surface area (Å²) >= 11 is 7.73. The molecule has 0 radical (unpaired) electrons. The van der Waals surface area contributed by atoms with Gasteiger partial charge in [0.15, 0.2) is 5.13 Å². The van der Waals surface area contributed by atoms with Crippen LogP contribution in [0.25, 0.3) is 10.2 Å². The Labute approximate surface area is 156 Å². The summed E-state index contributed by atoms with van der Waals surface area (Å²) in [6.07, 6.45) is 3.11. The highest BCUT2D eigenvalue weighted by atomic mass is 35.5. The Hall–Kier alpha value is -1.91. The number of thiazole rings is 1. The summed E-state index contributed by atoms with van der Waals surface area (Å²) in [6.45, 7) is 2.57. The fourth-order valence-electron chi connectivity index (χ4n) is 3.14. The molecule has 25 heavy (non-hydrogen) atoms. The fourth-order valence-corrected chi connectivity index (χ4v) is 4.56. The van der Waals surface area contributed by atoms with E-state index < -0.39 is 0 Å². The maximum Gasteiger partial charge on any atom is 0.232 e. The van der Waals surface area contributed by atoms with Gasteiger partial charge in [-0.25, -0.2) is 4.98 Å². The lowest BCUT2D eigenvalue weighted by Crippen LogP contribution is -2.38. The number of carbonyl (C=O) groups is 1. The number of rotatable bonds is 4. The molecule has 5 heteroatoms. The maximum absolute atomic E-state index is 13.0. The molecule has 0 bridgehead atoms. The highest BCUT2D eigenvalue weighted by molar-refractivity contribution is 7.22. The Morgan fingerprint density at radius 3 is 2.72 bits per heavy atom. The molecule has 2 aromatic carbocycles. The van der Waals surface area contributed by atoms with Crippen LogP contribution in [0.1, 0.15) is 30.4 Å². The molecule has 0 spiro atoms. The minimum absolute atomic E-state index is 0.139. The Kier molecular flexibility index (Phi) is 4.48. The van der Waals surface area contributed by atoms with Gasteiger partial charge in [0.2, 0.25) is 5.91 Å². The van der Waals surface area contributed by atoms with Crippen molar-refractivity contribution in [2.45, 2.75) is 32.7 Å². The standard InChI is InChI=1S/C20H19ClN2OS/c1-13-10-16(21)11-17-18(13)22-20(25-17)23(19(24)15-8-5-9-15)12-14-6-3-2-4-7-14/h2-4,6-7,10-11,15H,5,8-9,12H2,1H3. The molecule has 1 fully saturated rings. The average Bonchev–Trinajstić information content (AvgIpc) is 2.95. The van der Waals surface area contributed by atoms with Crippen molar-refractivity contribution in [1.82, 2.24) is 4.98 Å². The Bertz CT molecular complexity index is 918. The van der Waals surface area contributed by atoms with Crippen molar-refractivity contribution < 1.29 is 4.79 Å². The second-order valence-corrected chi connectivity index (χ2v) is 8.05. The van der Waals surface area contributed by atoms with Crippen LogP contribution in [-0.2, 0) is 11.3 Å². The molecule has 1 saturated carbocycles. The smallest absolute Gasteiger partial charge is 0.232 e. The lowest BCUT2D eigenvalue weighted by atomic mass is 9.84. The largest absolute Gasteiger partial charge is 0.283 e. The van der Waals surface area contributed by atoms with Crippen LogP contribution < -0.4 is 4.90 Å². The third-order valence-corrected chi connectivity index (χ3v) is 6.02. The van der Waals surface area contributed by atoms with E-state index in [9.17, 15) is 4.79 Å². The molecule has 3 nitrogen and oxygen atoms in total. The van der Waals surface area contributed by atoms with Crippen molar-refractivity contribution in [3.05, 3.63) is 58.6 Å². The third kappa shape index (κ3) is 3.29. The fraction of sp³-hybridized carbons (Fsp3) is 0.300. The van der Waals surface area contributed by atoms with Crippen molar-refractivity contribution in [2.75, 3.05) is 4.90 Å². The molecule has 4 rings (SSSR count). The predicted molar refractivity (Wildman–Crippen MR) is 104 cm³/mol. The van der Waals surface area contributed by atoms with Crippen LogP contribution >= 0.6 is 22.9 Å². The van der Waals surface area contributed by atoms with E-state index in [0.29, 0.717) is 11.6 Å². The van der Waals surface area contributed by atoms with E-state index >= 15 is 0 Å². The first kappa shape index (κ1) is 16.6. The molecule has 0 aliphatic heterocycles. The molecule has 0 unspecified atom stereocenters. The summed E-state index contributed by atoms with van der Waals surface area (Å²) in [4.78, 5) is 19.7. The average molecular weight is 371 g/mol. The summed E-state index contributed by atoms with van der Waals surface area (Å²) in [6, 6.07) is 14.0. The van der Waals surface area contributed by atoms with Gasteiger partial charge in [-0.1, -0.05) is 59.7 Å². The molecule has 128 valence electrons. The van der Waals surface area contributed by atoms with E-state index in [2.05, 4.69) is 12.1 Å². The third-order valence-electron chi connectivity index (χ3n) is 4.77. The summed E-state index contributed by atoms with van der Waals surface area (Å²) < 4.78 is 1.03. The monoisotopic (exact) mass is 370 g/mol.